The Kier molecular flexibility index (Phi) is 12.2. The third-order valence-electron chi connectivity index (χ3n) is 10.1. The Morgan fingerprint density at radius 1 is 0.893 bits per heavy atom. The second kappa shape index (κ2) is 17.1. The van der Waals surface area contributed by atoms with Gasteiger partial charge in [0.1, 0.15) is 6.04 Å². The molecule has 0 spiro atoms. The molecule has 292 valence electrons. The van der Waals surface area contributed by atoms with Crippen molar-refractivity contribution in [3.05, 3.63) is 124 Å². The molecule has 0 radical (unpaired) electrons. The van der Waals surface area contributed by atoms with E-state index < -0.39 is 33.8 Å². The van der Waals surface area contributed by atoms with Crippen LogP contribution in [0.25, 0.3) is 16.5 Å². The van der Waals surface area contributed by atoms with Gasteiger partial charge in [-0.05, 0) is 72.0 Å². The molecule has 0 saturated heterocycles. The summed E-state index contributed by atoms with van der Waals surface area (Å²) in [5.74, 6) is -2.61. The highest BCUT2D eigenvalue weighted by atomic mass is 35.5. The van der Waals surface area contributed by atoms with Crippen LogP contribution in [0.15, 0.2) is 89.8 Å². The summed E-state index contributed by atoms with van der Waals surface area (Å²) in [5, 5.41) is 6.25. The Morgan fingerprint density at radius 2 is 1.55 bits per heavy atom. The van der Waals surface area contributed by atoms with E-state index in [1.807, 2.05) is 50.2 Å². The fourth-order valence-corrected chi connectivity index (χ4v) is 8.07. The number of ether oxygens (including phenoxy) is 1. The number of unbranched alkanes of at least 4 members (excludes halogenated alkanes) is 2. The van der Waals surface area contributed by atoms with Crippen molar-refractivity contribution in [1.82, 2.24) is 24.3 Å². The first-order valence-electron chi connectivity index (χ1n) is 18.6. The Balaban J connectivity index is 1.44. The summed E-state index contributed by atoms with van der Waals surface area (Å²) in [7, 11) is -3.10. The number of hydrogen-bond donors (Lipinski definition) is 1. The van der Waals surface area contributed by atoms with E-state index in [9.17, 15) is 27.6 Å². The summed E-state index contributed by atoms with van der Waals surface area (Å²) in [4.78, 5) is 58.7. The van der Waals surface area contributed by atoms with Crippen LogP contribution >= 0.6 is 11.6 Å². The number of sulfonamides is 1. The number of aromatic nitrogens is 2. The van der Waals surface area contributed by atoms with Gasteiger partial charge >= 0.3 is 5.97 Å². The molecule has 1 aliphatic heterocycles. The summed E-state index contributed by atoms with van der Waals surface area (Å²) in [6.45, 7) is 6.85. The fraction of sp³-hybridized carbons (Fsp3) is 0.310. The molecule has 14 heteroatoms. The Morgan fingerprint density at radius 3 is 2.23 bits per heavy atom. The summed E-state index contributed by atoms with van der Waals surface area (Å²) in [5.41, 5.74) is 2.02. The molecule has 4 aromatic carbocycles. The number of nitrogens with zero attached hydrogens (tertiary/aromatic N) is 4. The molecule has 1 aliphatic rings. The maximum atomic E-state index is 14.8. The highest BCUT2D eigenvalue weighted by Crippen LogP contribution is 2.31. The number of hydrogen-bond acceptors (Lipinski definition) is 8. The van der Waals surface area contributed by atoms with E-state index in [4.69, 9.17) is 16.3 Å². The SMILES string of the molecule is CCCCN(CCCC)C(=O)c1nn(-c2ccc(C(=O)NS(=O)(=O)c3ccc4ccccc4c3)cc2C(=O)N2Cc3ccccc3C[C@@H]2C(=O)OC)c(C)c1Cl. The third kappa shape index (κ3) is 8.19. The van der Waals surface area contributed by atoms with E-state index in [2.05, 4.69) is 9.82 Å². The summed E-state index contributed by atoms with van der Waals surface area (Å²) < 4.78 is 35.6. The van der Waals surface area contributed by atoms with Crippen LogP contribution in [0.4, 0.5) is 0 Å². The number of esters is 1. The predicted octanol–water partition coefficient (Wildman–Crippen LogP) is 6.89. The zero-order chi connectivity index (χ0) is 40.1. The topological polar surface area (TPSA) is 148 Å². The molecule has 5 aromatic rings. The minimum Gasteiger partial charge on any atom is -0.467 e. The number of methoxy groups -OCH3 is 1. The van der Waals surface area contributed by atoms with Gasteiger partial charge in [-0.25, -0.2) is 22.6 Å². The number of halogens is 1. The van der Waals surface area contributed by atoms with E-state index in [1.165, 1.54) is 47.0 Å². The molecule has 0 bridgehead atoms. The van der Waals surface area contributed by atoms with Crippen molar-refractivity contribution in [1.29, 1.82) is 0 Å². The van der Waals surface area contributed by atoms with E-state index in [0.29, 0.717) is 24.2 Å². The van der Waals surface area contributed by atoms with Gasteiger partial charge < -0.3 is 14.5 Å². The molecule has 1 aromatic heterocycles. The van der Waals surface area contributed by atoms with Crippen LogP contribution < -0.4 is 4.72 Å². The van der Waals surface area contributed by atoms with Crippen LogP contribution in [0.1, 0.15) is 87.6 Å². The molecule has 2 heterocycles. The average molecular weight is 798 g/mol. The van der Waals surface area contributed by atoms with Crippen LogP contribution in [0, 0.1) is 6.92 Å². The molecule has 0 aliphatic carbocycles. The fourth-order valence-electron chi connectivity index (χ4n) is 6.86. The Labute approximate surface area is 331 Å². The monoisotopic (exact) mass is 797 g/mol. The molecule has 56 heavy (non-hydrogen) atoms. The normalized spacial score (nSPS) is 13.9. The molecule has 6 rings (SSSR count). The van der Waals surface area contributed by atoms with Gasteiger partial charge in [0.15, 0.2) is 5.69 Å². The van der Waals surface area contributed by atoms with Crippen molar-refractivity contribution in [2.75, 3.05) is 20.2 Å². The minimum atomic E-state index is -4.35. The van der Waals surface area contributed by atoms with Gasteiger partial charge in [0, 0.05) is 31.6 Å². The molecule has 1 atom stereocenters. The number of fused-ring (bicyclic) bond motifs is 2. The van der Waals surface area contributed by atoms with E-state index in [-0.39, 0.29) is 51.3 Å². The molecule has 12 nitrogen and oxygen atoms in total. The van der Waals surface area contributed by atoms with Crippen LogP contribution in [-0.4, -0.2) is 77.9 Å². The van der Waals surface area contributed by atoms with Gasteiger partial charge in [0.05, 0.1) is 34.0 Å². The smallest absolute Gasteiger partial charge is 0.328 e. The van der Waals surface area contributed by atoms with Crippen LogP contribution in [0.2, 0.25) is 5.02 Å². The maximum Gasteiger partial charge on any atom is 0.328 e. The number of rotatable bonds is 13. The first-order chi connectivity index (χ1) is 26.9. The van der Waals surface area contributed by atoms with Crippen molar-refractivity contribution in [2.45, 2.75) is 70.4 Å². The highest BCUT2D eigenvalue weighted by molar-refractivity contribution is 7.90. The molecule has 1 N–H and O–H groups in total. The number of nitrogens with one attached hydrogen (secondary N) is 1. The van der Waals surface area contributed by atoms with E-state index in [0.717, 1.165) is 42.2 Å². The number of carbonyl (C=O) groups excluding carboxylic acids is 4. The molecule has 0 saturated carbocycles. The third-order valence-corrected chi connectivity index (χ3v) is 11.8. The summed E-state index contributed by atoms with van der Waals surface area (Å²) in [6.07, 6.45) is 3.56. The van der Waals surface area contributed by atoms with Gasteiger partial charge in [-0.15, -0.1) is 0 Å². The van der Waals surface area contributed by atoms with Crippen LogP contribution in [0.5, 0.6) is 0 Å². The van der Waals surface area contributed by atoms with Gasteiger partial charge in [0.2, 0.25) is 0 Å². The average Bonchev–Trinajstić information content (AvgIpc) is 3.51. The Bertz CT molecular complexity index is 2420. The van der Waals surface area contributed by atoms with Crippen molar-refractivity contribution in [3.63, 3.8) is 0 Å². The lowest BCUT2D eigenvalue weighted by molar-refractivity contribution is -0.146. The second-order valence-electron chi connectivity index (χ2n) is 13.8. The molecular formula is C42H44ClN5O7S. The highest BCUT2D eigenvalue weighted by Gasteiger charge is 2.37. The van der Waals surface area contributed by atoms with Gasteiger partial charge in [-0.2, -0.15) is 5.10 Å². The van der Waals surface area contributed by atoms with Crippen molar-refractivity contribution in [3.8, 4) is 5.69 Å². The lowest BCUT2D eigenvalue weighted by Crippen LogP contribution is -2.49. The first-order valence-corrected chi connectivity index (χ1v) is 20.4. The maximum absolute atomic E-state index is 14.8. The van der Waals surface area contributed by atoms with Crippen molar-refractivity contribution in [2.24, 2.45) is 0 Å². The van der Waals surface area contributed by atoms with Crippen LogP contribution in [-0.2, 0) is 32.5 Å². The van der Waals surface area contributed by atoms with Gasteiger partial charge in [-0.1, -0.05) is 92.9 Å². The molecular weight excluding hydrogens is 754 g/mol. The number of amides is 3. The zero-order valence-corrected chi connectivity index (χ0v) is 33.3. The van der Waals surface area contributed by atoms with Gasteiger partial charge in [0.25, 0.3) is 27.7 Å². The van der Waals surface area contributed by atoms with Crippen molar-refractivity contribution >= 4 is 56.1 Å². The summed E-state index contributed by atoms with van der Waals surface area (Å²) in [6, 6.07) is 22.3. The van der Waals surface area contributed by atoms with E-state index >= 15 is 0 Å². The quantitative estimate of drug-likeness (QED) is 0.127. The molecule has 0 fully saturated rings. The summed E-state index contributed by atoms with van der Waals surface area (Å²) >= 11 is 6.82. The van der Waals surface area contributed by atoms with E-state index in [1.54, 1.807) is 30.0 Å². The standard InChI is InChI=1S/C42H44ClN5O7S/c1-5-7-21-46(22-8-6-2)41(51)38-37(43)27(3)48(44-38)35-20-18-31(39(49)45-56(53,54)33-19-17-28-13-9-10-14-29(28)23-33)24-34(35)40(50)47-26-32-16-12-11-15-30(32)25-36(47)42(52)55-4/h9-20,23-24,36H,5-8,21-22,25-26H2,1-4H3,(H,45,49)/t36-/m1/s1. The predicted molar refractivity (Wildman–Crippen MR) is 213 cm³/mol. The molecule has 3 amide bonds. The molecule has 0 unspecified atom stereocenters. The first kappa shape index (κ1) is 40.1. The second-order valence-corrected chi connectivity index (χ2v) is 15.8. The van der Waals surface area contributed by atoms with Crippen molar-refractivity contribution < 1.29 is 32.3 Å². The lowest BCUT2D eigenvalue weighted by Gasteiger charge is -2.35. The van der Waals surface area contributed by atoms with Crippen LogP contribution in [0.3, 0.4) is 0 Å². The largest absolute Gasteiger partial charge is 0.467 e. The zero-order valence-electron chi connectivity index (χ0n) is 31.7. The number of carbonyl (C=O) groups is 4. The number of benzene rings is 4. The Hall–Kier alpha value is -5.53. The minimum absolute atomic E-state index is 0.0115. The lowest BCUT2D eigenvalue weighted by atomic mass is 9.93. The van der Waals surface area contributed by atoms with Gasteiger partial charge in [-0.3, -0.25) is 14.4 Å².